The molecular formula is C20H19F4N3O2S. The van der Waals surface area contributed by atoms with Gasteiger partial charge in [0, 0.05) is 12.0 Å². The number of benzene rings is 1. The maximum atomic E-state index is 13.4. The van der Waals surface area contributed by atoms with Crippen LogP contribution in [0.1, 0.15) is 47.1 Å². The number of carbonyl (C=O) groups is 2. The largest absolute Gasteiger partial charge is 0.471 e. The highest BCUT2D eigenvalue weighted by Crippen LogP contribution is 2.45. The third-order valence-electron chi connectivity index (χ3n) is 5.24. The first-order valence-corrected chi connectivity index (χ1v) is 10.5. The molecule has 4 rings (SSSR count). The van der Waals surface area contributed by atoms with Gasteiger partial charge in [0.1, 0.15) is 17.6 Å². The summed E-state index contributed by atoms with van der Waals surface area (Å²) < 4.78 is 52.0. The van der Waals surface area contributed by atoms with Crippen LogP contribution in [0, 0.1) is 5.82 Å². The molecule has 5 nitrogen and oxygen atoms in total. The van der Waals surface area contributed by atoms with E-state index in [4.69, 9.17) is 0 Å². The third-order valence-corrected chi connectivity index (χ3v) is 6.50. The molecule has 2 aromatic rings. The zero-order valence-corrected chi connectivity index (χ0v) is 16.6. The molecule has 1 unspecified atom stereocenters. The van der Waals surface area contributed by atoms with E-state index in [9.17, 15) is 27.2 Å². The summed E-state index contributed by atoms with van der Waals surface area (Å²) in [5.74, 6) is -3.04. The van der Waals surface area contributed by atoms with E-state index in [0.29, 0.717) is 29.8 Å². The van der Waals surface area contributed by atoms with Crippen LogP contribution in [0.25, 0.3) is 10.4 Å². The zero-order chi connectivity index (χ0) is 21.5. The first-order chi connectivity index (χ1) is 14.2. The van der Waals surface area contributed by atoms with Gasteiger partial charge in [-0.3, -0.25) is 9.59 Å². The number of nitrogens with zero attached hydrogens (tertiary/aromatic N) is 1. The highest BCUT2D eigenvalue weighted by atomic mass is 32.1. The number of carbonyl (C=O) groups excluding carboxylic acids is 2. The second-order valence-corrected chi connectivity index (χ2v) is 8.56. The lowest BCUT2D eigenvalue weighted by Gasteiger charge is -2.24. The quantitative estimate of drug-likeness (QED) is 0.528. The second-order valence-electron chi connectivity index (χ2n) is 7.53. The molecule has 2 atom stereocenters. The van der Waals surface area contributed by atoms with Crippen LogP contribution in [0.3, 0.4) is 0 Å². The summed E-state index contributed by atoms with van der Waals surface area (Å²) in [6.45, 7) is 0.547. The van der Waals surface area contributed by atoms with Crippen LogP contribution < -0.4 is 10.6 Å². The molecular weight excluding hydrogens is 422 g/mol. The van der Waals surface area contributed by atoms with E-state index in [1.807, 2.05) is 5.32 Å². The van der Waals surface area contributed by atoms with Crippen molar-refractivity contribution in [3.05, 3.63) is 40.8 Å². The number of aromatic nitrogens is 1. The van der Waals surface area contributed by atoms with E-state index in [-0.39, 0.29) is 11.6 Å². The average Bonchev–Trinajstić information content (AvgIpc) is 3.23. The Bertz CT molecular complexity index is 948. The van der Waals surface area contributed by atoms with Gasteiger partial charge in [-0.15, -0.1) is 11.3 Å². The second kappa shape index (κ2) is 8.07. The van der Waals surface area contributed by atoms with Crippen LogP contribution >= 0.6 is 11.3 Å². The van der Waals surface area contributed by atoms with E-state index in [2.05, 4.69) is 10.3 Å². The topological polar surface area (TPSA) is 71.1 Å². The molecule has 1 aromatic carbocycles. The van der Waals surface area contributed by atoms with Gasteiger partial charge in [0.25, 0.3) is 0 Å². The Kier molecular flexibility index (Phi) is 5.63. The fraction of sp³-hybridized carbons (Fsp3) is 0.450. The molecule has 1 saturated carbocycles. The van der Waals surface area contributed by atoms with Crippen molar-refractivity contribution >= 4 is 23.0 Å². The fourth-order valence-corrected chi connectivity index (χ4v) is 4.77. The Balaban J connectivity index is 1.71. The Morgan fingerprint density at radius 3 is 2.43 bits per heavy atom. The Hall–Kier alpha value is -2.33. The molecule has 1 amide bonds. The van der Waals surface area contributed by atoms with Gasteiger partial charge >= 0.3 is 12.1 Å². The van der Waals surface area contributed by atoms with Gasteiger partial charge in [-0.2, -0.15) is 13.2 Å². The lowest BCUT2D eigenvalue weighted by Crippen LogP contribution is -2.55. The van der Waals surface area contributed by atoms with Gasteiger partial charge < -0.3 is 10.6 Å². The fourth-order valence-electron chi connectivity index (χ4n) is 3.52. The zero-order valence-electron chi connectivity index (χ0n) is 15.8. The van der Waals surface area contributed by atoms with Gasteiger partial charge in [0.15, 0.2) is 0 Å². The van der Waals surface area contributed by atoms with E-state index < -0.39 is 35.8 Å². The van der Waals surface area contributed by atoms with Crippen LogP contribution in [0.5, 0.6) is 0 Å². The number of thiazole rings is 1. The van der Waals surface area contributed by atoms with Crippen LogP contribution in [0.4, 0.5) is 17.6 Å². The van der Waals surface area contributed by atoms with Crippen molar-refractivity contribution < 1.29 is 27.2 Å². The van der Waals surface area contributed by atoms with Crippen LogP contribution in [0.15, 0.2) is 24.3 Å². The molecule has 10 heteroatoms. The molecule has 2 fully saturated rings. The first-order valence-electron chi connectivity index (χ1n) is 9.66. The molecule has 1 aliphatic heterocycles. The Morgan fingerprint density at radius 2 is 1.87 bits per heavy atom. The molecule has 0 radical (unpaired) electrons. The number of ketones is 1. The minimum absolute atomic E-state index is 0.0229. The van der Waals surface area contributed by atoms with Gasteiger partial charge in [-0.05, 0) is 49.9 Å². The van der Waals surface area contributed by atoms with Gasteiger partial charge in [-0.25, -0.2) is 9.37 Å². The molecule has 30 heavy (non-hydrogen) atoms. The number of nitrogens with one attached hydrogen (secondary N) is 2. The minimum atomic E-state index is -5.10. The minimum Gasteiger partial charge on any atom is -0.336 e. The number of halogens is 4. The van der Waals surface area contributed by atoms with Gasteiger partial charge in [0.05, 0.1) is 9.88 Å². The molecule has 2 heterocycles. The molecule has 1 aliphatic carbocycles. The van der Waals surface area contributed by atoms with Crippen LogP contribution in [0.2, 0.25) is 0 Å². The number of amides is 1. The van der Waals surface area contributed by atoms with Crippen molar-refractivity contribution in [2.45, 2.75) is 49.9 Å². The number of hydrogen-bond acceptors (Lipinski definition) is 5. The molecule has 2 N–H and O–H groups in total. The Morgan fingerprint density at radius 1 is 1.17 bits per heavy atom. The summed E-state index contributed by atoms with van der Waals surface area (Å²) in [6.07, 6.45) is -2.09. The smallest absolute Gasteiger partial charge is 0.336 e. The molecule has 2 aliphatic rings. The standard InChI is InChI=1S/C20H19F4N3O2S/c21-12-7-5-10(6-8-12)17-15(26-18(30-17)11-3-4-11)16(28)14(13-2-1-9-25-13)27-19(29)20(22,23)24/h5-8,11,13-14,25H,1-4,9H2,(H,27,29)/t13?,14-/m0/s1. The predicted octanol–water partition coefficient (Wildman–Crippen LogP) is 3.81. The van der Waals surface area contributed by atoms with Crippen LogP contribution in [-0.2, 0) is 4.79 Å². The number of alkyl halides is 3. The van der Waals surface area contributed by atoms with Crippen molar-refractivity contribution in [3.63, 3.8) is 0 Å². The molecule has 1 saturated heterocycles. The predicted molar refractivity (Wildman–Crippen MR) is 103 cm³/mol. The van der Waals surface area contributed by atoms with Crippen molar-refractivity contribution in [1.29, 1.82) is 0 Å². The summed E-state index contributed by atoms with van der Waals surface area (Å²) in [7, 11) is 0. The third kappa shape index (κ3) is 4.39. The highest BCUT2D eigenvalue weighted by molar-refractivity contribution is 7.15. The summed E-state index contributed by atoms with van der Waals surface area (Å²) in [4.78, 5) is 29.9. The van der Waals surface area contributed by atoms with E-state index >= 15 is 0 Å². The summed E-state index contributed by atoms with van der Waals surface area (Å²) >= 11 is 1.29. The SMILES string of the molecule is O=C(c1nc(C2CC2)sc1-c1ccc(F)cc1)[C@@H](NC(=O)C(F)(F)F)C1CCCN1. The van der Waals surface area contributed by atoms with E-state index in [0.717, 1.165) is 17.8 Å². The summed E-state index contributed by atoms with van der Waals surface area (Å²) in [5, 5.41) is 5.60. The van der Waals surface area contributed by atoms with Crippen LogP contribution in [-0.4, -0.2) is 41.5 Å². The lowest BCUT2D eigenvalue weighted by atomic mass is 9.98. The average molecular weight is 441 g/mol. The highest BCUT2D eigenvalue weighted by Gasteiger charge is 2.44. The number of hydrogen-bond donors (Lipinski definition) is 2. The normalized spacial score (nSPS) is 20.2. The van der Waals surface area contributed by atoms with Gasteiger partial charge in [-0.1, -0.05) is 12.1 Å². The van der Waals surface area contributed by atoms with Crippen molar-refractivity contribution in [2.75, 3.05) is 6.54 Å². The van der Waals surface area contributed by atoms with Crippen molar-refractivity contribution in [2.24, 2.45) is 0 Å². The maximum absolute atomic E-state index is 13.4. The molecule has 0 spiro atoms. The van der Waals surface area contributed by atoms with Crippen molar-refractivity contribution in [1.82, 2.24) is 15.6 Å². The summed E-state index contributed by atoms with van der Waals surface area (Å²) in [6, 6.07) is 3.51. The van der Waals surface area contributed by atoms with E-state index in [1.54, 1.807) is 0 Å². The molecule has 0 bridgehead atoms. The van der Waals surface area contributed by atoms with Gasteiger partial charge in [0.2, 0.25) is 5.78 Å². The first kappa shape index (κ1) is 20.9. The molecule has 160 valence electrons. The molecule has 1 aromatic heterocycles. The summed E-state index contributed by atoms with van der Waals surface area (Å²) in [5.41, 5.74) is 0.583. The Labute approximate surface area is 173 Å². The number of Topliss-reactive ketones (excluding diaryl/α,β-unsaturated/α-hetero) is 1. The maximum Gasteiger partial charge on any atom is 0.471 e. The number of rotatable bonds is 6. The van der Waals surface area contributed by atoms with E-state index in [1.165, 1.54) is 35.6 Å². The van der Waals surface area contributed by atoms with Crippen molar-refractivity contribution in [3.8, 4) is 10.4 Å². The lowest BCUT2D eigenvalue weighted by molar-refractivity contribution is -0.174. The monoisotopic (exact) mass is 441 g/mol.